The molecular weight excluding hydrogens is 520 g/mol. The fourth-order valence-corrected chi connectivity index (χ4v) is 4.96. The van der Waals surface area contributed by atoms with Crippen molar-refractivity contribution < 1.29 is 18.7 Å². The fourth-order valence-electron chi connectivity index (χ4n) is 4.29. The number of amides is 1. The molecule has 1 fully saturated rings. The number of aromatic nitrogens is 3. The van der Waals surface area contributed by atoms with Crippen LogP contribution in [0.5, 0.6) is 5.75 Å². The van der Waals surface area contributed by atoms with Gasteiger partial charge >= 0.3 is 6.09 Å². The summed E-state index contributed by atoms with van der Waals surface area (Å²) in [4.78, 5) is 18.6. The van der Waals surface area contributed by atoms with Crippen molar-refractivity contribution in [2.45, 2.75) is 64.8 Å². The van der Waals surface area contributed by atoms with Gasteiger partial charge in [-0.1, -0.05) is 23.2 Å². The highest BCUT2D eigenvalue weighted by atomic mass is 35.5. The van der Waals surface area contributed by atoms with Crippen LogP contribution >= 0.6 is 23.2 Å². The van der Waals surface area contributed by atoms with Crippen LogP contribution in [0.2, 0.25) is 10.0 Å². The molecule has 1 amide bonds. The number of halogens is 3. The summed E-state index contributed by atoms with van der Waals surface area (Å²) in [6.07, 6.45) is 6.02. The minimum absolute atomic E-state index is 0.00680. The van der Waals surface area contributed by atoms with Crippen molar-refractivity contribution in [1.29, 1.82) is 0 Å². The molecular formula is C26H30Cl2FN5O3. The summed E-state index contributed by atoms with van der Waals surface area (Å²) in [6.45, 7) is 8.48. The van der Waals surface area contributed by atoms with Crippen LogP contribution < -0.4 is 10.5 Å². The van der Waals surface area contributed by atoms with Crippen LogP contribution in [0.1, 0.15) is 52.2 Å². The Balaban J connectivity index is 1.49. The first-order valence-electron chi connectivity index (χ1n) is 12.0. The molecule has 1 saturated heterocycles. The van der Waals surface area contributed by atoms with Crippen molar-refractivity contribution in [3.8, 4) is 16.9 Å². The molecule has 3 aromatic rings. The molecule has 1 aromatic carbocycles. The second-order valence-electron chi connectivity index (χ2n) is 10.0. The van der Waals surface area contributed by atoms with Crippen molar-refractivity contribution >= 4 is 35.1 Å². The highest BCUT2D eigenvalue weighted by molar-refractivity contribution is 6.36. The predicted molar refractivity (Wildman–Crippen MR) is 141 cm³/mol. The van der Waals surface area contributed by atoms with Gasteiger partial charge in [0.2, 0.25) is 0 Å². The molecule has 8 nitrogen and oxygen atoms in total. The fraction of sp³-hybridized carbons (Fsp3) is 0.423. The van der Waals surface area contributed by atoms with E-state index in [4.69, 9.17) is 38.4 Å². The number of pyridine rings is 1. The minimum atomic E-state index is -0.682. The first-order chi connectivity index (χ1) is 17.4. The predicted octanol–water partition coefficient (Wildman–Crippen LogP) is 6.51. The van der Waals surface area contributed by atoms with E-state index in [9.17, 15) is 9.18 Å². The summed E-state index contributed by atoms with van der Waals surface area (Å²) in [6, 6.07) is 4.36. The third kappa shape index (κ3) is 6.27. The number of ether oxygens (including phenoxy) is 2. The summed E-state index contributed by atoms with van der Waals surface area (Å²) in [5, 5.41) is 4.67. The standard InChI is InChI=1S/C26H30Cl2FN5O3/c1-15(22-19(27)7-8-20(29)23(22)28)36-21-10-16(11-31-24(21)30)17-12-32-33(13-17)14-18-6-5-9-34(18)25(35)37-26(2,3)4/h7-8,10-13,15,18H,5-6,9,14H2,1-4H3,(H2,30,31)/t15-,18+/m1/s1. The van der Waals surface area contributed by atoms with Gasteiger partial charge < -0.3 is 20.1 Å². The number of rotatable bonds is 6. The first kappa shape index (κ1) is 27.0. The average molecular weight is 550 g/mol. The topological polar surface area (TPSA) is 95.5 Å². The number of nitrogens with two attached hydrogens (primary N) is 1. The molecule has 4 rings (SSSR count). The van der Waals surface area contributed by atoms with Crippen LogP contribution in [-0.4, -0.2) is 43.9 Å². The van der Waals surface area contributed by atoms with E-state index in [2.05, 4.69) is 10.1 Å². The molecule has 1 aliphatic rings. The lowest BCUT2D eigenvalue weighted by atomic mass is 10.1. The molecule has 2 N–H and O–H groups in total. The number of carbonyl (C=O) groups is 1. The third-order valence-corrected chi connectivity index (χ3v) is 6.75. The van der Waals surface area contributed by atoms with Crippen molar-refractivity contribution in [2.24, 2.45) is 0 Å². The van der Waals surface area contributed by atoms with Gasteiger partial charge in [-0.15, -0.1) is 0 Å². The summed E-state index contributed by atoms with van der Waals surface area (Å²) < 4.78 is 27.3. The minimum Gasteiger partial charge on any atom is -0.482 e. The van der Waals surface area contributed by atoms with E-state index < -0.39 is 17.5 Å². The SMILES string of the molecule is C[C@@H](Oc1cc(-c2cnn(C[C@@H]3CCCN3C(=O)OC(C)(C)C)c2)cnc1N)c1c(Cl)ccc(F)c1Cl. The van der Waals surface area contributed by atoms with Gasteiger partial charge in [0.15, 0.2) is 11.6 Å². The normalized spacial score (nSPS) is 16.6. The van der Waals surface area contributed by atoms with Crippen molar-refractivity contribution in [2.75, 3.05) is 12.3 Å². The van der Waals surface area contributed by atoms with Crippen LogP contribution in [0.3, 0.4) is 0 Å². The molecule has 0 aliphatic carbocycles. The van der Waals surface area contributed by atoms with E-state index in [-0.39, 0.29) is 28.0 Å². The van der Waals surface area contributed by atoms with Crippen LogP contribution in [0, 0.1) is 5.82 Å². The Hall–Kier alpha value is -3.04. The summed E-state index contributed by atoms with van der Waals surface area (Å²) in [7, 11) is 0. The summed E-state index contributed by atoms with van der Waals surface area (Å²) in [5.41, 5.74) is 7.36. The number of benzene rings is 1. The third-order valence-electron chi connectivity index (χ3n) is 6.04. The highest BCUT2D eigenvalue weighted by Crippen LogP contribution is 2.37. The van der Waals surface area contributed by atoms with Crippen molar-refractivity contribution in [3.05, 3.63) is 58.2 Å². The van der Waals surface area contributed by atoms with E-state index in [1.807, 2.05) is 27.0 Å². The second kappa shape index (κ2) is 10.8. The lowest BCUT2D eigenvalue weighted by Gasteiger charge is -2.28. The lowest BCUT2D eigenvalue weighted by Crippen LogP contribution is -2.41. The van der Waals surface area contributed by atoms with Gasteiger partial charge in [0.05, 0.1) is 23.8 Å². The van der Waals surface area contributed by atoms with Gasteiger partial charge in [-0.2, -0.15) is 5.10 Å². The molecule has 0 bridgehead atoms. The molecule has 2 atom stereocenters. The van der Waals surface area contributed by atoms with Crippen molar-refractivity contribution in [1.82, 2.24) is 19.7 Å². The Bertz CT molecular complexity index is 1290. The molecule has 0 saturated carbocycles. The van der Waals surface area contributed by atoms with Gasteiger partial charge in [0, 0.05) is 40.7 Å². The number of nitrogen functional groups attached to an aromatic ring is 1. The molecule has 37 heavy (non-hydrogen) atoms. The highest BCUT2D eigenvalue weighted by Gasteiger charge is 2.32. The molecule has 0 radical (unpaired) electrons. The van der Waals surface area contributed by atoms with Gasteiger partial charge in [-0.25, -0.2) is 14.2 Å². The number of nitrogens with zero attached hydrogens (tertiary/aromatic N) is 4. The number of likely N-dealkylation sites (tertiary alicyclic amines) is 1. The summed E-state index contributed by atoms with van der Waals surface area (Å²) >= 11 is 12.4. The molecule has 1 aliphatic heterocycles. The van der Waals surface area contributed by atoms with Gasteiger partial charge in [-0.3, -0.25) is 4.68 Å². The quantitative estimate of drug-likeness (QED) is 0.352. The monoisotopic (exact) mass is 549 g/mol. The Kier molecular flexibility index (Phi) is 7.85. The van der Waals surface area contributed by atoms with Gasteiger partial charge in [0.25, 0.3) is 0 Å². The van der Waals surface area contributed by atoms with Crippen LogP contribution in [0.15, 0.2) is 36.8 Å². The molecule has 0 unspecified atom stereocenters. The Labute approximate surface area is 225 Å². The molecule has 3 heterocycles. The number of carbonyl (C=O) groups excluding carboxylic acids is 1. The Morgan fingerprint density at radius 3 is 2.76 bits per heavy atom. The van der Waals surface area contributed by atoms with Gasteiger partial charge in [-0.05, 0) is 58.7 Å². The number of anilines is 1. The van der Waals surface area contributed by atoms with Crippen LogP contribution in [0.4, 0.5) is 15.0 Å². The zero-order chi connectivity index (χ0) is 26.9. The maximum atomic E-state index is 14.0. The number of hydrogen-bond acceptors (Lipinski definition) is 6. The second-order valence-corrected chi connectivity index (χ2v) is 10.8. The first-order valence-corrected chi connectivity index (χ1v) is 12.8. The zero-order valence-corrected chi connectivity index (χ0v) is 22.7. The summed E-state index contributed by atoms with van der Waals surface area (Å²) in [5.74, 6) is -0.108. The largest absolute Gasteiger partial charge is 0.482 e. The van der Waals surface area contributed by atoms with E-state index in [0.717, 1.165) is 24.0 Å². The van der Waals surface area contributed by atoms with Crippen molar-refractivity contribution in [3.63, 3.8) is 0 Å². The van der Waals surface area contributed by atoms with Crippen LogP contribution in [0.25, 0.3) is 11.1 Å². The Morgan fingerprint density at radius 2 is 2.03 bits per heavy atom. The number of hydrogen-bond donors (Lipinski definition) is 1. The van der Waals surface area contributed by atoms with Gasteiger partial charge in [0.1, 0.15) is 17.5 Å². The molecule has 11 heteroatoms. The zero-order valence-electron chi connectivity index (χ0n) is 21.2. The molecule has 2 aromatic heterocycles. The van der Waals surface area contributed by atoms with Crippen LogP contribution in [-0.2, 0) is 11.3 Å². The van der Waals surface area contributed by atoms with E-state index in [1.54, 1.807) is 35.0 Å². The average Bonchev–Trinajstić information content (AvgIpc) is 3.47. The maximum absolute atomic E-state index is 14.0. The van der Waals surface area contributed by atoms with E-state index in [1.165, 1.54) is 12.1 Å². The van der Waals surface area contributed by atoms with E-state index in [0.29, 0.717) is 24.4 Å². The lowest BCUT2D eigenvalue weighted by molar-refractivity contribution is 0.0211. The maximum Gasteiger partial charge on any atom is 0.410 e. The smallest absolute Gasteiger partial charge is 0.410 e. The van der Waals surface area contributed by atoms with E-state index >= 15 is 0 Å². The Morgan fingerprint density at radius 1 is 1.27 bits per heavy atom. The molecule has 198 valence electrons. The molecule has 0 spiro atoms.